The van der Waals surface area contributed by atoms with Gasteiger partial charge >= 0.3 is 0 Å². The van der Waals surface area contributed by atoms with Crippen LogP contribution in [0.5, 0.6) is 5.75 Å². The number of hydrogen-bond acceptors (Lipinski definition) is 3. The van der Waals surface area contributed by atoms with E-state index in [1.165, 1.54) is 24.9 Å². The molecule has 1 aromatic carbocycles. The van der Waals surface area contributed by atoms with E-state index in [4.69, 9.17) is 4.74 Å². The number of hydrogen-bond donors (Lipinski definition) is 1. The van der Waals surface area contributed by atoms with Crippen molar-refractivity contribution < 1.29 is 4.74 Å². The minimum absolute atomic E-state index is 0.863. The van der Waals surface area contributed by atoms with E-state index in [0.29, 0.717) is 0 Å². The Hall–Kier alpha value is -0.580. The van der Waals surface area contributed by atoms with E-state index in [-0.39, 0.29) is 0 Å². The Morgan fingerprint density at radius 1 is 1.42 bits per heavy atom. The largest absolute Gasteiger partial charge is 0.496 e. The number of benzene rings is 1. The molecule has 1 N–H and O–H groups in total. The third kappa shape index (κ3) is 4.48. The van der Waals surface area contributed by atoms with Gasteiger partial charge in [0.1, 0.15) is 5.75 Å². The van der Waals surface area contributed by atoms with Gasteiger partial charge < -0.3 is 10.1 Å². The van der Waals surface area contributed by atoms with Crippen molar-refractivity contribution in [3.8, 4) is 5.75 Å². The summed E-state index contributed by atoms with van der Waals surface area (Å²) in [6, 6.07) is 7.09. The third-order valence-electron chi connectivity index (χ3n) is 3.59. The van der Waals surface area contributed by atoms with Crippen molar-refractivity contribution in [3.63, 3.8) is 0 Å². The average Bonchev–Trinajstić information content (AvgIpc) is 3.23. The summed E-state index contributed by atoms with van der Waals surface area (Å²) in [6.07, 6.45) is 2.78. The molecule has 0 amide bonds. The molecule has 1 aliphatic rings. The van der Waals surface area contributed by atoms with Crippen LogP contribution in [0.3, 0.4) is 0 Å². The number of nitrogens with zero attached hydrogens (tertiary/aromatic N) is 1. The van der Waals surface area contributed by atoms with Crippen LogP contribution in [-0.4, -0.2) is 37.7 Å². The fourth-order valence-corrected chi connectivity index (χ4v) is 2.90. The molecule has 106 valence electrons. The summed E-state index contributed by atoms with van der Waals surface area (Å²) in [7, 11) is 1.69. The van der Waals surface area contributed by atoms with Crippen LogP contribution in [0, 0.1) is 0 Å². The molecule has 0 bridgehead atoms. The Morgan fingerprint density at radius 3 is 2.79 bits per heavy atom. The highest BCUT2D eigenvalue weighted by molar-refractivity contribution is 9.10. The van der Waals surface area contributed by atoms with Gasteiger partial charge in [0.2, 0.25) is 0 Å². The summed E-state index contributed by atoms with van der Waals surface area (Å²) in [5.41, 5.74) is 1.28. The summed E-state index contributed by atoms with van der Waals surface area (Å²) in [4.78, 5) is 2.57. The van der Waals surface area contributed by atoms with E-state index in [1.807, 2.05) is 6.07 Å². The second-order valence-electron chi connectivity index (χ2n) is 5.01. The monoisotopic (exact) mass is 326 g/mol. The highest BCUT2D eigenvalue weighted by Crippen LogP contribution is 2.26. The van der Waals surface area contributed by atoms with Crippen molar-refractivity contribution in [2.24, 2.45) is 0 Å². The van der Waals surface area contributed by atoms with Crippen LogP contribution in [0.4, 0.5) is 0 Å². The van der Waals surface area contributed by atoms with Crippen molar-refractivity contribution in [1.29, 1.82) is 0 Å². The Balaban J connectivity index is 1.71. The van der Waals surface area contributed by atoms with Gasteiger partial charge in [-0.15, -0.1) is 0 Å². The van der Waals surface area contributed by atoms with Gasteiger partial charge in [0, 0.05) is 25.7 Å². The Morgan fingerprint density at radius 2 is 2.21 bits per heavy atom. The van der Waals surface area contributed by atoms with E-state index in [0.717, 1.165) is 35.9 Å². The number of halogens is 1. The molecule has 0 atom stereocenters. The molecular weight excluding hydrogens is 304 g/mol. The maximum Gasteiger partial charge on any atom is 0.133 e. The van der Waals surface area contributed by atoms with E-state index in [9.17, 15) is 0 Å². The Labute approximate surface area is 124 Å². The van der Waals surface area contributed by atoms with Gasteiger partial charge in [0.15, 0.2) is 0 Å². The molecule has 0 aromatic heterocycles. The Kier molecular flexibility index (Phi) is 5.67. The van der Waals surface area contributed by atoms with Crippen LogP contribution in [-0.2, 0) is 6.54 Å². The second kappa shape index (κ2) is 7.27. The van der Waals surface area contributed by atoms with E-state index < -0.39 is 0 Å². The topological polar surface area (TPSA) is 24.5 Å². The van der Waals surface area contributed by atoms with Crippen molar-refractivity contribution in [3.05, 3.63) is 28.2 Å². The first-order chi connectivity index (χ1) is 9.24. The smallest absolute Gasteiger partial charge is 0.133 e. The zero-order chi connectivity index (χ0) is 13.7. The first-order valence-electron chi connectivity index (χ1n) is 7.01. The van der Waals surface area contributed by atoms with Crippen LogP contribution in [0.1, 0.15) is 25.3 Å². The van der Waals surface area contributed by atoms with Gasteiger partial charge in [-0.1, -0.05) is 13.0 Å². The molecular formula is C15H23BrN2O. The molecule has 0 unspecified atom stereocenters. The van der Waals surface area contributed by atoms with Gasteiger partial charge in [0.25, 0.3) is 0 Å². The van der Waals surface area contributed by atoms with Crippen LogP contribution in [0.15, 0.2) is 22.7 Å². The molecule has 4 heteroatoms. The second-order valence-corrected chi connectivity index (χ2v) is 5.86. The van der Waals surface area contributed by atoms with Crippen molar-refractivity contribution in [2.75, 3.05) is 26.7 Å². The zero-order valence-electron chi connectivity index (χ0n) is 11.8. The molecule has 0 spiro atoms. The number of likely N-dealkylation sites (N-methyl/N-ethyl adjacent to an activating group) is 1. The molecule has 0 heterocycles. The predicted octanol–water partition coefficient (Wildman–Crippen LogP) is 3.03. The average molecular weight is 327 g/mol. The molecule has 19 heavy (non-hydrogen) atoms. The molecule has 1 saturated carbocycles. The molecule has 0 saturated heterocycles. The van der Waals surface area contributed by atoms with Gasteiger partial charge in [-0.2, -0.15) is 0 Å². The van der Waals surface area contributed by atoms with Crippen molar-refractivity contribution >= 4 is 15.9 Å². The van der Waals surface area contributed by atoms with Crippen molar-refractivity contribution in [1.82, 2.24) is 10.2 Å². The maximum atomic E-state index is 5.23. The molecule has 0 radical (unpaired) electrons. The molecule has 2 rings (SSSR count). The maximum absolute atomic E-state index is 5.23. The molecule has 1 aromatic rings. The summed E-state index contributed by atoms with van der Waals surface area (Å²) < 4.78 is 6.25. The lowest BCUT2D eigenvalue weighted by atomic mass is 10.2. The standard InChI is InChI=1S/C15H23BrN2O/c1-3-18(13-5-6-13)9-8-17-11-12-4-7-15(19-2)14(16)10-12/h4,7,10,13,17H,3,5-6,8-9,11H2,1-2H3. The first-order valence-corrected chi connectivity index (χ1v) is 7.81. The zero-order valence-corrected chi connectivity index (χ0v) is 13.4. The van der Waals surface area contributed by atoms with E-state index in [2.05, 4.69) is 45.2 Å². The predicted molar refractivity (Wildman–Crippen MR) is 82.7 cm³/mol. The quantitative estimate of drug-likeness (QED) is 0.743. The third-order valence-corrected chi connectivity index (χ3v) is 4.21. The molecule has 1 fully saturated rings. The van der Waals surface area contributed by atoms with Crippen LogP contribution < -0.4 is 10.1 Å². The van der Waals surface area contributed by atoms with E-state index >= 15 is 0 Å². The van der Waals surface area contributed by atoms with Gasteiger partial charge in [-0.25, -0.2) is 0 Å². The van der Waals surface area contributed by atoms with Gasteiger partial charge in [-0.3, -0.25) is 4.90 Å². The highest BCUT2D eigenvalue weighted by atomic mass is 79.9. The minimum atomic E-state index is 0.863. The lowest BCUT2D eigenvalue weighted by Gasteiger charge is -2.19. The lowest BCUT2D eigenvalue weighted by Crippen LogP contribution is -2.33. The summed E-state index contributed by atoms with van der Waals surface area (Å²) in [5, 5.41) is 3.51. The summed E-state index contributed by atoms with van der Waals surface area (Å²) in [5.74, 6) is 0.884. The number of nitrogens with one attached hydrogen (secondary N) is 1. The van der Waals surface area contributed by atoms with Crippen molar-refractivity contribution in [2.45, 2.75) is 32.4 Å². The molecule has 0 aliphatic heterocycles. The molecule has 3 nitrogen and oxygen atoms in total. The van der Waals surface area contributed by atoms with Crippen LogP contribution in [0.25, 0.3) is 0 Å². The fourth-order valence-electron chi connectivity index (χ4n) is 2.31. The normalized spacial score (nSPS) is 14.9. The number of rotatable bonds is 8. The Bertz CT molecular complexity index is 407. The van der Waals surface area contributed by atoms with Gasteiger partial charge in [-0.05, 0) is 53.0 Å². The van der Waals surface area contributed by atoms with E-state index in [1.54, 1.807) is 7.11 Å². The van der Waals surface area contributed by atoms with Gasteiger partial charge in [0.05, 0.1) is 11.6 Å². The number of ether oxygens (including phenoxy) is 1. The number of methoxy groups -OCH3 is 1. The fraction of sp³-hybridized carbons (Fsp3) is 0.600. The SMILES string of the molecule is CCN(CCNCc1ccc(OC)c(Br)c1)C1CC1. The minimum Gasteiger partial charge on any atom is -0.496 e. The van der Waals surface area contributed by atoms with Crippen LogP contribution in [0.2, 0.25) is 0 Å². The summed E-state index contributed by atoms with van der Waals surface area (Å²) in [6.45, 7) is 6.52. The van der Waals surface area contributed by atoms with Crippen LogP contribution >= 0.6 is 15.9 Å². The summed E-state index contributed by atoms with van der Waals surface area (Å²) >= 11 is 3.52. The molecule has 1 aliphatic carbocycles. The lowest BCUT2D eigenvalue weighted by molar-refractivity contribution is 0.277. The first kappa shape index (κ1) is 14.8. The highest BCUT2D eigenvalue weighted by Gasteiger charge is 2.26.